The number of carboxylic acid groups (broad SMARTS) is 1. The molecule has 0 aliphatic carbocycles. The van der Waals surface area contributed by atoms with Crippen molar-refractivity contribution in [2.45, 2.75) is 13.5 Å². The van der Waals surface area contributed by atoms with Crippen LogP contribution in [0.3, 0.4) is 0 Å². The van der Waals surface area contributed by atoms with Gasteiger partial charge in [-0.25, -0.2) is 4.79 Å². The van der Waals surface area contributed by atoms with Gasteiger partial charge in [-0.1, -0.05) is 52.0 Å². The fourth-order valence-corrected chi connectivity index (χ4v) is 4.24. The summed E-state index contributed by atoms with van der Waals surface area (Å²) in [6.45, 7) is 2.57. The fourth-order valence-electron chi connectivity index (χ4n) is 2.63. The molecule has 9 heteroatoms. The summed E-state index contributed by atoms with van der Waals surface area (Å²) in [5, 5.41) is 8.99. The standard InChI is InChI=1S/C21H18BrNO5S2/c1-3-27-16-8-14(9-18-19(24)23(2)21(29)30-18)15(22)10-17(16)28-11-12-4-6-13(7-5-12)20(25)26/h4-10H,3,11H2,1-2H3,(H,25,26)/b18-9+. The van der Waals surface area contributed by atoms with Crippen LogP contribution in [0.4, 0.5) is 0 Å². The van der Waals surface area contributed by atoms with E-state index in [9.17, 15) is 9.59 Å². The second kappa shape index (κ2) is 9.63. The Morgan fingerprint density at radius 1 is 1.23 bits per heavy atom. The number of hydrogen-bond acceptors (Lipinski definition) is 6. The molecule has 0 spiro atoms. The number of rotatable bonds is 7. The Morgan fingerprint density at radius 2 is 1.90 bits per heavy atom. The molecule has 30 heavy (non-hydrogen) atoms. The highest BCUT2D eigenvalue weighted by molar-refractivity contribution is 9.10. The fraction of sp³-hybridized carbons (Fsp3) is 0.190. The van der Waals surface area contributed by atoms with E-state index in [4.69, 9.17) is 26.8 Å². The number of carboxylic acids is 1. The van der Waals surface area contributed by atoms with E-state index < -0.39 is 5.97 Å². The number of thiocarbonyl (C=S) groups is 1. The quantitative estimate of drug-likeness (QED) is 0.419. The number of benzene rings is 2. The number of halogens is 1. The molecule has 3 rings (SSSR count). The highest BCUT2D eigenvalue weighted by atomic mass is 79.9. The third-order valence-corrected chi connectivity index (χ3v) is 6.40. The number of likely N-dealkylation sites (N-methyl/N-ethyl adjacent to an activating group) is 1. The number of hydrogen-bond donors (Lipinski definition) is 1. The first kappa shape index (κ1) is 22.3. The highest BCUT2D eigenvalue weighted by Crippen LogP contribution is 2.38. The van der Waals surface area contributed by atoms with Crippen LogP contribution in [-0.4, -0.2) is 39.9 Å². The van der Waals surface area contributed by atoms with Gasteiger partial charge in [0.15, 0.2) is 11.5 Å². The number of ether oxygens (including phenoxy) is 2. The minimum absolute atomic E-state index is 0.139. The molecular formula is C21H18BrNO5S2. The molecule has 1 aliphatic rings. The average molecular weight is 508 g/mol. The number of carbonyl (C=O) groups excluding carboxylic acids is 1. The zero-order chi connectivity index (χ0) is 21.8. The van der Waals surface area contributed by atoms with Crippen molar-refractivity contribution in [3.05, 3.63) is 62.5 Å². The first-order chi connectivity index (χ1) is 14.3. The second-order valence-corrected chi connectivity index (χ2v) is 8.82. The van der Waals surface area contributed by atoms with Gasteiger partial charge in [0.25, 0.3) is 5.91 Å². The first-order valence-corrected chi connectivity index (χ1v) is 10.9. The maximum atomic E-state index is 12.3. The number of aromatic carboxylic acids is 1. The van der Waals surface area contributed by atoms with Gasteiger partial charge in [-0.05, 0) is 48.4 Å². The van der Waals surface area contributed by atoms with Crippen LogP contribution >= 0.6 is 39.9 Å². The maximum absolute atomic E-state index is 12.3. The average Bonchev–Trinajstić information content (AvgIpc) is 2.96. The van der Waals surface area contributed by atoms with Gasteiger partial charge in [-0.3, -0.25) is 9.69 Å². The third kappa shape index (κ3) is 5.03. The first-order valence-electron chi connectivity index (χ1n) is 8.93. The van der Waals surface area contributed by atoms with Gasteiger partial charge in [0.1, 0.15) is 10.9 Å². The van der Waals surface area contributed by atoms with Crippen molar-refractivity contribution in [3.63, 3.8) is 0 Å². The summed E-state index contributed by atoms with van der Waals surface area (Å²) in [5.41, 5.74) is 1.82. The third-order valence-electron chi connectivity index (χ3n) is 4.23. The van der Waals surface area contributed by atoms with Crippen molar-refractivity contribution >= 4 is 62.2 Å². The number of nitrogens with zero attached hydrogens (tertiary/aromatic N) is 1. The smallest absolute Gasteiger partial charge is 0.335 e. The minimum atomic E-state index is -0.972. The summed E-state index contributed by atoms with van der Waals surface area (Å²) >= 11 is 9.96. The van der Waals surface area contributed by atoms with Gasteiger partial charge in [-0.15, -0.1) is 0 Å². The molecule has 0 aromatic heterocycles. The van der Waals surface area contributed by atoms with Crippen molar-refractivity contribution in [1.29, 1.82) is 0 Å². The molecule has 0 saturated carbocycles. The van der Waals surface area contributed by atoms with Crippen molar-refractivity contribution in [2.24, 2.45) is 0 Å². The van der Waals surface area contributed by atoms with Crippen LogP contribution in [0.25, 0.3) is 6.08 Å². The van der Waals surface area contributed by atoms with Crippen molar-refractivity contribution in [1.82, 2.24) is 4.90 Å². The van der Waals surface area contributed by atoms with E-state index in [2.05, 4.69) is 15.9 Å². The van der Waals surface area contributed by atoms with Crippen molar-refractivity contribution in [2.75, 3.05) is 13.7 Å². The second-order valence-electron chi connectivity index (χ2n) is 6.28. The van der Waals surface area contributed by atoms with E-state index in [0.29, 0.717) is 27.3 Å². The largest absolute Gasteiger partial charge is 0.490 e. The molecule has 1 heterocycles. The molecule has 0 radical (unpaired) electrons. The Balaban J connectivity index is 1.83. The predicted molar refractivity (Wildman–Crippen MR) is 124 cm³/mol. The zero-order valence-electron chi connectivity index (χ0n) is 16.2. The summed E-state index contributed by atoms with van der Waals surface area (Å²) < 4.78 is 12.9. The van der Waals surface area contributed by atoms with E-state index in [0.717, 1.165) is 15.6 Å². The SMILES string of the molecule is CCOc1cc(/C=C2/SC(=S)N(C)C2=O)c(Br)cc1OCc1ccc(C(=O)O)cc1. The van der Waals surface area contributed by atoms with Gasteiger partial charge in [0.05, 0.1) is 17.1 Å². The van der Waals surface area contributed by atoms with Gasteiger partial charge < -0.3 is 14.6 Å². The van der Waals surface area contributed by atoms with E-state index in [1.54, 1.807) is 37.4 Å². The van der Waals surface area contributed by atoms with Gasteiger partial charge >= 0.3 is 5.97 Å². The molecule has 1 aliphatic heterocycles. The lowest BCUT2D eigenvalue weighted by molar-refractivity contribution is -0.121. The summed E-state index contributed by atoms with van der Waals surface area (Å²) in [4.78, 5) is 25.2. The van der Waals surface area contributed by atoms with Crippen molar-refractivity contribution < 1.29 is 24.2 Å². The van der Waals surface area contributed by atoms with Crippen LogP contribution < -0.4 is 9.47 Å². The molecule has 156 valence electrons. The minimum Gasteiger partial charge on any atom is -0.490 e. The molecule has 0 unspecified atom stereocenters. The van der Waals surface area contributed by atoms with Gasteiger partial charge in [-0.2, -0.15) is 0 Å². The van der Waals surface area contributed by atoms with Crippen LogP contribution in [-0.2, 0) is 11.4 Å². The van der Waals surface area contributed by atoms with Crippen LogP contribution in [0.2, 0.25) is 0 Å². The molecule has 0 atom stereocenters. The summed E-state index contributed by atoms with van der Waals surface area (Å²) in [6.07, 6.45) is 1.77. The Kier molecular flexibility index (Phi) is 7.17. The lowest BCUT2D eigenvalue weighted by atomic mass is 10.1. The van der Waals surface area contributed by atoms with E-state index in [1.165, 1.54) is 28.8 Å². The number of amides is 1. The van der Waals surface area contributed by atoms with E-state index in [-0.39, 0.29) is 18.1 Å². The van der Waals surface area contributed by atoms with Crippen LogP contribution in [0, 0.1) is 0 Å². The molecule has 2 aromatic carbocycles. The van der Waals surface area contributed by atoms with Gasteiger partial charge in [0, 0.05) is 11.5 Å². The Morgan fingerprint density at radius 3 is 2.47 bits per heavy atom. The van der Waals surface area contributed by atoms with Gasteiger partial charge in [0.2, 0.25) is 0 Å². The van der Waals surface area contributed by atoms with Crippen LogP contribution in [0.5, 0.6) is 11.5 Å². The lowest BCUT2D eigenvalue weighted by Gasteiger charge is -2.14. The molecule has 1 amide bonds. The zero-order valence-corrected chi connectivity index (χ0v) is 19.4. The number of carbonyl (C=O) groups is 2. The van der Waals surface area contributed by atoms with E-state index in [1.807, 2.05) is 6.92 Å². The van der Waals surface area contributed by atoms with Crippen LogP contribution in [0.1, 0.15) is 28.4 Å². The summed E-state index contributed by atoms with van der Waals surface area (Å²) in [7, 11) is 1.65. The molecule has 6 nitrogen and oxygen atoms in total. The molecule has 1 saturated heterocycles. The summed E-state index contributed by atoms with van der Waals surface area (Å²) in [5.74, 6) is -0.0343. The molecule has 0 bridgehead atoms. The van der Waals surface area contributed by atoms with E-state index >= 15 is 0 Å². The monoisotopic (exact) mass is 507 g/mol. The van der Waals surface area contributed by atoms with Crippen LogP contribution in [0.15, 0.2) is 45.8 Å². The number of thioether (sulfide) groups is 1. The molecule has 1 N–H and O–H groups in total. The maximum Gasteiger partial charge on any atom is 0.335 e. The topological polar surface area (TPSA) is 76.1 Å². The Labute approximate surface area is 192 Å². The Bertz CT molecular complexity index is 1040. The molecule has 2 aromatic rings. The lowest BCUT2D eigenvalue weighted by Crippen LogP contribution is -2.22. The molecular weight excluding hydrogens is 490 g/mol. The highest BCUT2D eigenvalue weighted by Gasteiger charge is 2.29. The molecule has 1 fully saturated rings. The Hall–Kier alpha value is -2.36. The predicted octanol–water partition coefficient (Wildman–Crippen LogP) is 4.96. The van der Waals surface area contributed by atoms with Crippen molar-refractivity contribution in [3.8, 4) is 11.5 Å². The summed E-state index contributed by atoms with van der Waals surface area (Å²) in [6, 6.07) is 10.1. The normalized spacial score (nSPS) is 15.0.